The molecule has 0 unspecified atom stereocenters. The van der Waals surface area contributed by atoms with Crippen molar-refractivity contribution in [1.82, 2.24) is 10.5 Å². The van der Waals surface area contributed by atoms with Gasteiger partial charge < -0.3 is 9.84 Å². The molecule has 0 fully saturated rings. The Balaban J connectivity index is 1.95. The first kappa shape index (κ1) is 12.1. The van der Waals surface area contributed by atoms with Crippen molar-refractivity contribution < 1.29 is 9.32 Å². The highest BCUT2D eigenvalue weighted by Gasteiger charge is 2.06. The molecule has 0 saturated carbocycles. The van der Waals surface area contributed by atoms with Crippen molar-refractivity contribution in [3.8, 4) is 0 Å². The molecule has 1 heterocycles. The number of benzene rings is 1. The molecular formula is C12H11IN2O2. The molecule has 2 rings (SSSR count). The van der Waals surface area contributed by atoms with Gasteiger partial charge in [0.1, 0.15) is 11.5 Å². The first-order valence-corrected chi connectivity index (χ1v) is 6.19. The minimum absolute atomic E-state index is 0.109. The van der Waals surface area contributed by atoms with Gasteiger partial charge in [0.05, 0.1) is 6.54 Å². The quantitative estimate of drug-likeness (QED) is 0.872. The Morgan fingerprint density at radius 3 is 2.71 bits per heavy atom. The number of carbonyl (C=O) groups is 1. The number of amides is 1. The first-order chi connectivity index (χ1) is 8.15. The average molecular weight is 342 g/mol. The zero-order chi connectivity index (χ0) is 12.3. The summed E-state index contributed by atoms with van der Waals surface area (Å²) in [5.74, 6) is 0.630. The first-order valence-electron chi connectivity index (χ1n) is 5.11. The second-order valence-electron chi connectivity index (χ2n) is 3.62. The lowest BCUT2D eigenvalue weighted by Crippen LogP contribution is -2.22. The molecule has 1 N–H and O–H groups in total. The predicted molar refractivity (Wildman–Crippen MR) is 71.6 cm³/mol. The number of halogens is 1. The number of aryl methyl sites for hydroxylation is 1. The van der Waals surface area contributed by atoms with Crippen LogP contribution in [0.5, 0.6) is 0 Å². The van der Waals surface area contributed by atoms with Crippen LogP contribution in [0.4, 0.5) is 0 Å². The van der Waals surface area contributed by atoms with Gasteiger partial charge in [-0.3, -0.25) is 4.79 Å². The van der Waals surface area contributed by atoms with Crippen molar-refractivity contribution in [3.63, 3.8) is 0 Å². The molecule has 1 aromatic carbocycles. The van der Waals surface area contributed by atoms with Crippen LogP contribution in [0.25, 0.3) is 0 Å². The van der Waals surface area contributed by atoms with Crippen molar-refractivity contribution in [2.45, 2.75) is 13.5 Å². The van der Waals surface area contributed by atoms with E-state index in [9.17, 15) is 4.79 Å². The van der Waals surface area contributed by atoms with E-state index < -0.39 is 0 Å². The highest BCUT2D eigenvalue weighted by molar-refractivity contribution is 14.1. The summed E-state index contributed by atoms with van der Waals surface area (Å²) >= 11 is 2.20. The fourth-order valence-electron chi connectivity index (χ4n) is 1.38. The van der Waals surface area contributed by atoms with Gasteiger partial charge in [0.2, 0.25) is 0 Å². The molecule has 88 valence electrons. The topological polar surface area (TPSA) is 55.1 Å². The smallest absolute Gasteiger partial charge is 0.251 e. The van der Waals surface area contributed by atoms with Gasteiger partial charge in [0.25, 0.3) is 5.91 Å². The van der Waals surface area contributed by atoms with E-state index in [0.29, 0.717) is 12.1 Å². The summed E-state index contributed by atoms with van der Waals surface area (Å²) in [6.07, 6.45) is 0. The largest absolute Gasteiger partial charge is 0.361 e. The van der Waals surface area contributed by atoms with Crippen molar-refractivity contribution in [1.29, 1.82) is 0 Å². The SMILES string of the molecule is Cc1cc(CNC(=O)c2ccc(I)cc2)no1. The van der Waals surface area contributed by atoms with Crippen molar-refractivity contribution in [2.24, 2.45) is 0 Å². The van der Waals surface area contributed by atoms with Gasteiger partial charge in [-0.15, -0.1) is 0 Å². The molecule has 0 bridgehead atoms. The highest BCUT2D eigenvalue weighted by Crippen LogP contribution is 2.07. The Morgan fingerprint density at radius 2 is 2.12 bits per heavy atom. The Labute approximate surface area is 113 Å². The minimum atomic E-state index is -0.109. The van der Waals surface area contributed by atoms with E-state index in [2.05, 4.69) is 33.1 Å². The molecule has 0 aliphatic rings. The predicted octanol–water partition coefficient (Wildman–Crippen LogP) is 2.52. The highest BCUT2D eigenvalue weighted by atomic mass is 127. The number of nitrogens with zero attached hydrogens (tertiary/aromatic N) is 1. The van der Waals surface area contributed by atoms with Gasteiger partial charge >= 0.3 is 0 Å². The van der Waals surface area contributed by atoms with Crippen molar-refractivity contribution in [2.75, 3.05) is 0 Å². The van der Waals surface area contributed by atoms with Gasteiger partial charge in [-0.25, -0.2) is 0 Å². The van der Waals surface area contributed by atoms with Crippen LogP contribution in [-0.2, 0) is 6.54 Å². The molecule has 0 aliphatic carbocycles. The van der Waals surface area contributed by atoms with Crippen molar-refractivity contribution >= 4 is 28.5 Å². The number of hydrogen-bond donors (Lipinski definition) is 1. The lowest BCUT2D eigenvalue weighted by Gasteiger charge is -2.02. The second kappa shape index (κ2) is 5.31. The van der Waals surface area contributed by atoms with Gasteiger partial charge in [0.15, 0.2) is 0 Å². The van der Waals surface area contributed by atoms with E-state index in [0.717, 1.165) is 15.0 Å². The third-order valence-electron chi connectivity index (χ3n) is 2.21. The lowest BCUT2D eigenvalue weighted by atomic mass is 10.2. The molecule has 0 atom stereocenters. The summed E-state index contributed by atoms with van der Waals surface area (Å²) in [5.41, 5.74) is 1.37. The third-order valence-corrected chi connectivity index (χ3v) is 2.93. The van der Waals surface area contributed by atoms with Crippen molar-refractivity contribution in [3.05, 3.63) is 50.9 Å². The van der Waals surface area contributed by atoms with E-state index >= 15 is 0 Å². The molecule has 0 spiro atoms. The van der Waals surface area contributed by atoms with E-state index in [4.69, 9.17) is 4.52 Å². The molecule has 17 heavy (non-hydrogen) atoms. The Hall–Kier alpha value is -1.37. The summed E-state index contributed by atoms with van der Waals surface area (Å²) in [4.78, 5) is 11.8. The van der Waals surface area contributed by atoms with E-state index in [1.54, 1.807) is 18.2 Å². The summed E-state index contributed by atoms with van der Waals surface area (Å²) in [7, 11) is 0. The van der Waals surface area contributed by atoms with Gasteiger partial charge in [0, 0.05) is 15.2 Å². The summed E-state index contributed by atoms with van der Waals surface area (Å²) in [5, 5.41) is 6.59. The van der Waals surface area contributed by atoms with Crippen LogP contribution in [0, 0.1) is 10.5 Å². The molecule has 0 saturated heterocycles. The maximum Gasteiger partial charge on any atom is 0.251 e. The van der Waals surface area contributed by atoms with Crippen LogP contribution in [0.1, 0.15) is 21.8 Å². The maximum absolute atomic E-state index is 11.8. The Kier molecular flexibility index (Phi) is 3.78. The summed E-state index contributed by atoms with van der Waals surface area (Å²) in [6, 6.07) is 9.19. The zero-order valence-electron chi connectivity index (χ0n) is 9.24. The van der Waals surface area contributed by atoms with Crippen LogP contribution < -0.4 is 5.32 Å². The molecule has 0 radical (unpaired) electrons. The second-order valence-corrected chi connectivity index (χ2v) is 4.86. The molecule has 0 aliphatic heterocycles. The standard InChI is InChI=1S/C12H11IN2O2/c1-8-6-11(15-17-8)7-14-12(16)9-2-4-10(13)5-3-9/h2-6H,7H2,1H3,(H,14,16). The maximum atomic E-state index is 11.8. The molecule has 2 aromatic rings. The summed E-state index contributed by atoms with van der Waals surface area (Å²) in [6.45, 7) is 2.19. The van der Waals surface area contributed by atoms with E-state index in [1.165, 1.54) is 0 Å². The van der Waals surface area contributed by atoms with Gasteiger partial charge in [-0.05, 0) is 53.8 Å². The van der Waals surface area contributed by atoms with Gasteiger partial charge in [-0.2, -0.15) is 0 Å². The Bertz CT molecular complexity index is 520. The minimum Gasteiger partial charge on any atom is -0.361 e. The normalized spacial score (nSPS) is 10.2. The molecule has 1 amide bonds. The number of rotatable bonds is 3. The van der Waals surface area contributed by atoms with Crippen LogP contribution >= 0.6 is 22.6 Å². The number of nitrogens with one attached hydrogen (secondary N) is 1. The van der Waals surface area contributed by atoms with E-state index in [1.807, 2.05) is 19.1 Å². The number of hydrogen-bond acceptors (Lipinski definition) is 3. The van der Waals surface area contributed by atoms with Gasteiger partial charge in [-0.1, -0.05) is 5.16 Å². The number of aromatic nitrogens is 1. The fourth-order valence-corrected chi connectivity index (χ4v) is 1.74. The van der Waals surface area contributed by atoms with Crippen LogP contribution in [0.15, 0.2) is 34.9 Å². The van der Waals surface area contributed by atoms with Crippen LogP contribution in [-0.4, -0.2) is 11.1 Å². The monoisotopic (exact) mass is 342 g/mol. The van der Waals surface area contributed by atoms with E-state index in [-0.39, 0.29) is 5.91 Å². The van der Waals surface area contributed by atoms with Crippen LogP contribution in [0.3, 0.4) is 0 Å². The molecule has 5 heteroatoms. The number of carbonyl (C=O) groups excluding carboxylic acids is 1. The molecular weight excluding hydrogens is 331 g/mol. The zero-order valence-corrected chi connectivity index (χ0v) is 11.4. The lowest BCUT2D eigenvalue weighted by molar-refractivity contribution is 0.0950. The molecule has 1 aromatic heterocycles. The Morgan fingerprint density at radius 1 is 1.41 bits per heavy atom. The average Bonchev–Trinajstić information content (AvgIpc) is 2.73. The van der Waals surface area contributed by atoms with Crippen LogP contribution in [0.2, 0.25) is 0 Å². The molecule has 4 nitrogen and oxygen atoms in total. The fraction of sp³-hybridized carbons (Fsp3) is 0.167. The third kappa shape index (κ3) is 3.29. The summed E-state index contributed by atoms with van der Waals surface area (Å²) < 4.78 is 6.02.